The van der Waals surface area contributed by atoms with E-state index in [0.717, 1.165) is 0 Å². The third-order valence-electron chi connectivity index (χ3n) is 1.13. The molecule has 1 aliphatic rings. The number of hydrogen-bond donors (Lipinski definition) is 0. The summed E-state index contributed by atoms with van der Waals surface area (Å²) in [5, 5.41) is 8.92. The van der Waals surface area contributed by atoms with Crippen LogP contribution < -0.4 is 0 Å². The zero-order valence-electron chi connectivity index (χ0n) is 5.48. The average molecular weight is 127 g/mol. The van der Waals surface area contributed by atoms with Crippen molar-refractivity contribution in [2.45, 2.75) is 13.0 Å². The quantitative estimate of drug-likeness (QED) is 0.507. The predicted octanol–water partition coefficient (Wildman–Crippen LogP) is 0.266. The number of hydrogen-bond acceptors (Lipinski definition) is 4. The van der Waals surface area contributed by atoms with E-state index in [1.165, 1.54) is 0 Å². The summed E-state index contributed by atoms with van der Waals surface area (Å²) in [5.74, 6) is 0. The van der Waals surface area contributed by atoms with Gasteiger partial charge in [-0.3, -0.25) is 4.84 Å². The zero-order chi connectivity index (χ0) is 6.69. The Morgan fingerprint density at radius 1 is 1.56 bits per heavy atom. The van der Waals surface area contributed by atoms with Crippen LogP contribution in [0.1, 0.15) is 6.92 Å². The molecular weight excluding hydrogens is 118 g/mol. The van der Waals surface area contributed by atoms with Crippen LogP contribution in [0.3, 0.4) is 0 Å². The first-order valence-corrected chi connectivity index (χ1v) is 2.73. The molecule has 50 valence electrons. The zero-order valence-corrected chi connectivity index (χ0v) is 5.48. The number of hydroxylamine groups is 2. The van der Waals surface area contributed by atoms with Crippen molar-refractivity contribution < 1.29 is 4.84 Å². The molecule has 0 aromatic rings. The lowest BCUT2D eigenvalue weighted by Crippen LogP contribution is -2.33. The highest BCUT2D eigenvalue weighted by Crippen LogP contribution is 1.96. The molecule has 9 heavy (non-hydrogen) atoms. The van der Waals surface area contributed by atoms with Crippen molar-refractivity contribution in [3.63, 3.8) is 0 Å². The smallest absolute Gasteiger partial charge is 0.139 e. The highest BCUT2D eigenvalue weighted by Gasteiger charge is 2.08. The molecule has 1 atom stereocenters. The minimum atomic E-state index is 0.187. The lowest BCUT2D eigenvalue weighted by molar-refractivity contribution is -0.0705. The molecule has 0 saturated carbocycles. The minimum Gasteiger partial charge on any atom is -0.275 e. The van der Waals surface area contributed by atoms with Crippen molar-refractivity contribution in [1.29, 1.82) is 0 Å². The lowest BCUT2D eigenvalue weighted by atomic mass is 10.4. The van der Waals surface area contributed by atoms with Gasteiger partial charge in [-0.25, -0.2) is 5.06 Å². The predicted molar refractivity (Wildman–Crippen MR) is 35.3 cm³/mol. The number of rotatable bonds is 1. The van der Waals surface area contributed by atoms with E-state index in [2.05, 4.69) is 10.2 Å². The molecule has 0 amide bonds. The molecule has 4 heteroatoms. The molecule has 1 rings (SSSR count). The van der Waals surface area contributed by atoms with Gasteiger partial charge in [0.15, 0.2) is 0 Å². The molecule has 0 radical (unpaired) electrons. The monoisotopic (exact) mass is 127 g/mol. The molecule has 0 N–H and O–H groups in total. The van der Waals surface area contributed by atoms with Crippen LogP contribution in [0.25, 0.3) is 0 Å². The summed E-state index contributed by atoms with van der Waals surface area (Å²) < 4.78 is 0. The summed E-state index contributed by atoms with van der Waals surface area (Å²) in [6, 6.07) is 0.187. The van der Waals surface area contributed by atoms with Gasteiger partial charge in [0, 0.05) is 0 Å². The highest BCUT2D eigenvalue weighted by atomic mass is 16.7. The largest absolute Gasteiger partial charge is 0.275 e. The van der Waals surface area contributed by atoms with Gasteiger partial charge in [-0.05, 0) is 6.92 Å². The third kappa shape index (κ3) is 1.26. The van der Waals surface area contributed by atoms with Gasteiger partial charge >= 0.3 is 0 Å². The van der Waals surface area contributed by atoms with Crippen LogP contribution in [0, 0.1) is 0 Å². The summed E-state index contributed by atoms with van der Waals surface area (Å²) in [6.07, 6.45) is 3.26. The van der Waals surface area contributed by atoms with Crippen LogP contribution >= 0.6 is 0 Å². The van der Waals surface area contributed by atoms with Gasteiger partial charge in [-0.2, -0.15) is 5.10 Å². The first-order valence-electron chi connectivity index (χ1n) is 2.73. The highest BCUT2D eigenvalue weighted by molar-refractivity contribution is 5.71. The Hall–Kier alpha value is -0.900. The Morgan fingerprint density at radius 2 is 2.33 bits per heavy atom. The van der Waals surface area contributed by atoms with Gasteiger partial charge in [-0.15, -0.1) is 5.10 Å². The Kier molecular flexibility index (Phi) is 1.79. The van der Waals surface area contributed by atoms with Crippen LogP contribution in [-0.2, 0) is 4.84 Å². The fraction of sp³-hybridized carbons (Fsp3) is 0.600. The average Bonchev–Trinajstić information content (AvgIpc) is 1.89. The van der Waals surface area contributed by atoms with Crippen molar-refractivity contribution in [3.05, 3.63) is 0 Å². The molecule has 0 saturated heterocycles. The molecule has 0 fully saturated rings. The molecular formula is C5H9N3O. The SMILES string of the molecule is CON1C=NN=CC1C. The lowest BCUT2D eigenvalue weighted by Gasteiger charge is -2.21. The van der Waals surface area contributed by atoms with E-state index in [1.54, 1.807) is 24.7 Å². The molecule has 0 aromatic heterocycles. The standard InChI is InChI=1S/C5H9N3O/c1-5-3-6-7-4-8(5)9-2/h3-5H,1-2H3. The molecule has 0 aromatic carbocycles. The van der Waals surface area contributed by atoms with Crippen molar-refractivity contribution >= 4 is 12.6 Å². The van der Waals surface area contributed by atoms with Gasteiger partial charge in [0.1, 0.15) is 6.34 Å². The van der Waals surface area contributed by atoms with Crippen LogP contribution in [0.5, 0.6) is 0 Å². The fourth-order valence-electron chi connectivity index (χ4n) is 0.600. The van der Waals surface area contributed by atoms with E-state index in [-0.39, 0.29) is 6.04 Å². The molecule has 1 unspecified atom stereocenters. The molecule has 4 nitrogen and oxygen atoms in total. The summed E-state index contributed by atoms with van der Waals surface area (Å²) >= 11 is 0. The molecule has 0 spiro atoms. The summed E-state index contributed by atoms with van der Waals surface area (Å²) in [5.41, 5.74) is 0. The van der Waals surface area contributed by atoms with Crippen molar-refractivity contribution in [2.75, 3.05) is 7.11 Å². The van der Waals surface area contributed by atoms with Gasteiger partial charge in [0.05, 0.1) is 19.4 Å². The van der Waals surface area contributed by atoms with E-state index in [4.69, 9.17) is 4.84 Å². The Balaban J connectivity index is 2.55. The van der Waals surface area contributed by atoms with Crippen LogP contribution in [0.15, 0.2) is 10.2 Å². The van der Waals surface area contributed by atoms with E-state index in [9.17, 15) is 0 Å². The van der Waals surface area contributed by atoms with E-state index in [0.29, 0.717) is 0 Å². The maximum absolute atomic E-state index is 4.90. The first-order chi connectivity index (χ1) is 4.34. The maximum Gasteiger partial charge on any atom is 0.139 e. The second-order valence-corrected chi connectivity index (χ2v) is 1.78. The van der Waals surface area contributed by atoms with Gasteiger partial charge in [0.2, 0.25) is 0 Å². The molecule has 0 aliphatic carbocycles. The number of nitrogens with zero attached hydrogens (tertiary/aromatic N) is 3. The normalized spacial score (nSPS) is 25.1. The van der Waals surface area contributed by atoms with Crippen molar-refractivity contribution in [1.82, 2.24) is 5.06 Å². The van der Waals surface area contributed by atoms with E-state index in [1.807, 2.05) is 6.92 Å². The molecule has 1 aliphatic heterocycles. The third-order valence-corrected chi connectivity index (χ3v) is 1.13. The Morgan fingerprint density at radius 3 is 2.78 bits per heavy atom. The van der Waals surface area contributed by atoms with Crippen molar-refractivity contribution in [3.8, 4) is 0 Å². The second kappa shape index (κ2) is 2.59. The maximum atomic E-state index is 4.90. The Labute approximate surface area is 53.8 Å². The molecule has 1 heterocycles. The second-order valence-electron chi connectivity index (χ2n) is 1.78. The first kappa shape index (κ1) is 6.22. The minimum absolute atomic E-state index is 0.187. The van der Waals surface area contributed by atoms with Gasteiger partial charge in [0.25, 0.3) is 0 Å². The van der Waals surface area contributed by atoms with Crippen molar-refractivity contribution in [2.24, 2.45) is 10.2 Å². The summed E-state index contributed by atoms with van der Waals surface area (Å²) in [4.78, 5) is 4.90. The topological polar surface area (TPSA) is 37.2 Å². The summed E-state index contributed by atoms with van der Waals surface area (Å²) in [7, 11) is 1.60. The van der Waals surface area contributed by atoms with Crippen LogP contribution in [-0.4, -0.2) is 30.8 Å². The fourth-order valence-corrected chi connectivity index (χ4v) is 0.600. The van der Waals surface area contributed by atoms with Gasteiger partial charge < -0.3 is 0 Å². The van der Waals surface area contributed by atoms with E-state index >= 15 is 0 Å². The van der Waals surface area contributed by atoms with Gasteiger partial charge in [-0.1, -0.05) is 0 Å². The molecule has 0 bridgehead atoms. The summed E-state index contributed by atoms with van der Waals surface area (Å²) in [6.45, 7) is 1.97. The van der Waals surface area contributed by atoms with Crippen LogP contribution in [0.2, 0.25) is 0 Å². The van der Waals surface area contributed by atoms with E-state index < -0.39 is 0 Å². The Bertz CT molecular complexity index is 143. The van der Waals surface area contributed by atoms with Crippen LogP contribution in [0.4, 0.5) is 0 Å².